The minimum atomic E-state index is 1.23. The summed E-state index contributed by atoms with van der Waals surface area (Å²) in [5.41, 5.74) is 11.2. The van der Waals surface area contributed by atoms with Gasteiger partial charge in [-0.3, -0.25) is 0 Å². The molecule has 31 heavy (non-hydrogen) atoms. The zero-order valence-electron chi connectivity index (χ0n) is 17.6. The summed E-state index contributed by atoms with van der Waals surface area (Å²) in [7, 11) is 0. The summed E-state index contributed by atoms with van der Waals surface area (Å²) in [6, 6.07) is 45.7. The molecule has 0 N–H and O–H groups in total. The molecule has 5 aromatic rings. The molecule has 0 atom stereocenters. The molecule has 0 unspecified atom stereocenters. The van der Waals surface area contributed by atoms with Crippen molar-refractivity contribution in [3.63, 3.8) is 0 Å². The van der Waals surface area contributed by atoms with E-state index in [9.17, 15) is 0 Å². The summed E-state index contributed by atoms with van der Waals surface area (Å²) in [4.78, 5) is 0. The van der Waals surface area contributed by atoms with Gasteiger partial charge in [-0.1, -0.05) is 109 Å². The molecule has 0 radical (unpaired) electrons. The SMILES string of the molecule is Cc1ccc(-c2cccc(-c3cc(-c4ccccc4)cc(-c4ccccc4)c3)c2)cc1. The van der Waals surface area contributed by atoms with Gasteiger partial charge in [0.2, 0.25) is 0 Å². The van der Waals surface area contributed by atoms with Gasteiger partial charge in [0.15, 0.2) is 0 Å². The van der Waals surface area contributed by atoms with E-state index >= 15 is 0 Å². The van der Waals surface area contributed by atoms with Gasteiger partial charge in [-0.05, 0) is 75.7 Å². The average Bonchev–Trinajstić information content (AvgIpc) is 2.85. The lowest BCUT2D eigenvalue weighted by atomic mass is 9.92. The summed E-state index contributed by atoms with van der Waals surface area (Å²) in [5, 5.41) is 0. The van der Waals surface area contributed by atoms with Crippen molar-refractivity contribution in [1.29, 1.82) is 0 Å². The van der Waals surface area contributed by atoms with E-state index in [-0.39, 0.29) is 0 Å². The van der Waals surface area contributed by atoms with E-state index < -0.39 is 0 Å². The van der Waals surface area contributed by atoms with Crippen LogP contribution >= 0.6 is 0 Å². The third-order valence-corrected chi connectivity index (χ3v) is 5.73. The van der Waals surface area contributed by atoms with E-state index in [1.54, 1.807) is 0 Å². The molecule has 0 saturated heterocycles. The zero-order valence-corrected chi connectivity index (χ0v) is 17.6. The second-order valence-corrected chi connectivity index (χ2v) is 7.98. The predicted molar refractivity (Wildman–Crippen MR) is 133 cm³/mol. The Morgan fingerprint density at radius 1 is 0.290 bits per heavy atom. The van der Waals surface area contributed by atoms with E-state index in [1.165, 1.54) is 50.1 Å². The predicted octanol–water partition coefficient (Wildman–Crippen LogP) is 8.66. The second-order valence-electron chi connectivity index (χ2n) is 7.98. The first kappa shape index (κ1) is 19.1. The first-order valence-corrected chi connectivity index (χ1v) is 10.7. The fourth-order valence-corrected chi connectivity index (χ4v) is 4.01. The summed E-state index contributed by atoms with van der Waals surface area (Å²) >= 11 is 0. The normalized spacial score (nSPS) is 10.7. The molecule has 5 aromatic carbocycles. The fourth-order valence-electron chi connectivity index (χ4n) is 4.01. The van der Waals surface area contributed by atoms with Crippen LogP contribution in [-0.2, 0) is 0 Å². The smallest absolute Gasteiger partial charge is 0.0171 e. The van der Waals surface area contributed by atoms with Gasteiger partial charge in [-0.25, -0.2) is 0 Å². The van der Waals surface area contributed by atoms with Crippen LogP contribution in [-0.4, -0.2) is 0 Å². The van der Waals surface area contributed by atoms with Gasteiger partial charge in [-0.2, -0.15) is 0 Å². The number of aryl methyl sites for hydroxylation is 1. The highest BCUT2D eigenvalue weighted by Crippen LogP contribution is 2.34. The molecule has 0 aliphatic rings. The Morgan fingerprint density at radius 2 is 0.645 bits per heavy atom. The highest BCUT2D eigenvalue weighted by Gasteiger charge is 2.08. The van der Waals surface area contributed by atoms with Crippen molar-refractivity contribution in [2.24, 2.45) is 0 Å². The van der Waals surface area contributed by atoms with E-state index in [1.807, 2.05) is 0 Å². The molecule has 0 fully saturated rings. The number of hydrogen-bond donors (Lipinski definition) is 0. The highest BCUT2D eigenvalue weighted by atomic mass is 14.1. The highest BCUT2D eigenvalue weighted by molar-refractivity contribution is 5.82. The quantitative estimate of drug-likeness (QED) is 0.285. The minimum absolute atomic E-state index is 1.23. The van der Waals surface area contributed by atoms with Crippen LogP contribution in [0.2, 0.25) is 0 Å². The largest absolute Gasteiger partial charge is 0.0622 e. The van der Waals surface area contributed by atoms with Crippen LogP contribution in [0.15, 0.2) is 127 Å². The van der Waals surface area contributed by atoms with Gasteiger partial charge in [-0.15, -0.1) is 0 Å². The fraction of sp³-hybridized carbons (Fsp3) is 0.0323. The van der Waals surface area contributed by atoms with Gasteiger partial charge in [0.25, 0.3) is 0 Å². The molecule has 0 bridgehead atoms. The third-order valence-electron chi connectivity index (χ3n) is 5.73. The topological polar surface area (TPSA) is 0 Å². The van der Waals surface area contributed by atoms with Crippen molar-refractivity contribution in [3.05, 3.63) is 133 Å². The second kappa shape index (κ2) is 8.45. The lowest BCUT2D eigenvalue weighted by Gasteiger charge is -2.12. The number of benzene rings is 5. The van der Waals surface area contributed by atoms with Crippen LogP contribution in [0.3, 0.4) is 0 Å². The molecule has 0 heteroatoms. The van der Waals surface area contributed by atoms with Crippen molar-refractivity contribution >= 4 is 0 Å². The maximum Gasteiger partial charge on any atom is -0.0171 e. The van der Waals surface area contributed by atoms with E-state index in [0.29, 0.717) is 0 Å². The van der Waals surface area contributed by atoms with Crippen molar-refractivity contribution < 1.29 is 0 Å². The van der Waals surface area contributed by atoms with Crippen LogP contribution in [0.4, 0.5) is 0 Å². The molecular formula is C31H24. The Bertz CT molecular complexity index is 1240. The Kier molecular flexibility index (Phi) is 5.21. The maximum absolute atomic E-state index is 2.30. The molecule has 0 aliphatic carbocycles. The molecule has 0 saturated carbocycles. The van der Waals surface area contributed by atoms with Crippen LogP contribution in [0, 0.1) is 6.92 Å². The van der Waals surface area contributed by atoms with Gasteiger partial charge < -0.3 is 0 Å². The van der Waals surface area contributed by atoms with Crippen LogP contribution < -0.4 is 0 Å². The van der Waals surface area contributed by atoms with Crippen LogP contribution in [0.1, 0.15) is 5.56 Å². The standard InChI is InChI=1S/C31H24/c1-23-15-17-26(18-16-23)27-13-8-14-28(19-27)31-21-29(24-9-4-2-5-10-24)20-30(22-31)25-11-6-3-7-12-25/h2-22H,1H3. The average molecular weight is 397 g/mol. The Morgan fingerprint density at radius 3 is 1.16 bits per heavy atom. The van der Waals surface area contributed by atoms with Crippen molar-refractivity contribution in [1.82, 2.24) is 0 Å². The molecule has 0 aliphatic heterocycles. The summed E-state index contributed by atoms with van der Waals surface area (Å²) in [6.45, 7) is 2.13. The number of rotatable bonds is 4. The first-order chi connectivity index (χ1) is 15.3. The van der Waals surface area contributed by atoms with Crippen molar-refractivity contribution in [3.8, 4) is 44.5 Å². The molecule has 0 heterocycles. The van der Waals surface area contributed by atoms with E-state index in [4.69, 9.17) is 0 Å². The molecule has 0 aromatic heterocycles. The summed E-state index contributed by atoms with van der Waals surface area (Å²) in [6.07, 6.45) is 0. The van der Waals surface area contributed by atoms with Gasteiger partial charge in [0, 0.05) is 0 Å². The number of hydrogen-bond acceptors (Lipinski definition) is 0. The summed E-state index contributed by atoms with van der Waals surface area (Å²) in [5.74, 6) is 0. The van der Waals surface area contributed by atoms with Gasteiger partial charge in [0.05, 0.1) is 0 Å². The lowest BCUT2D eigenvalue weighted by molar-refractivity contribution is 1.47. The van der Waals surface area contributed by atoms with Gasteiger partial charge >= 0.3 is 0 Å². The molecule has 0 amide bonds. The van der Waals surface area contributed by atoms with Crippen molar-refractivity contribution in [2.75, 3.05) is 0 Å². The zero-order chi connectivity index (χ0) is 21.0. The molecule has 5 rings (SSSR count). The van der Waals surface area contributed by atoms with Crippen molar-refractivity contribution in [2.45, 2.75) is 6.92 Å². The monoisotopic (exact) mass is 396 g/mol. The summed E-state index contributed by atoms with van der Waals surface area (Å²) < 4.78 is 0. The van der Waals surface area contributed by atoms with E-state index in [2.05, 4.69) is 134 Å². The lowest BCUT2D eigenvalue weighted by Crippen LogP contribution is -1.87. The van der Waals surface area contributed by atoms with Gasteiger partial charge in [0.1, 0.15) is 0 Å². The first-order valence-electron chi connectivity index (χ1n) is 10.7. The molecule has 0 spiro atoms. The molecule has 0 nitrogen and oxygen atoms in total. The molecule has 148 valence electrons. The maximum atomic E-state index is 2.30. The molecular weight excluding hydrogens is 372 g/mol. The Hall–Kier alpha value is -3.90. The Balaban J connectivity index is 1.65. The van der Waals surface area contributed by atoms with E-state index in [0.717, 1.165) is 0 Å². The Labute approximate surface area is 184 Å². The van der Waals surface area contributed by atoms with Crippen LogP contribution in [0.25, 0.3) is 44.5 Å². The minimum Gasteiger partial charge on any atom is -0.0622 e. The van der Waals surface area contributed by atoms with Crippen LogP contribution in [0.5, 0.6) is 0 Å². The third kappa shape index (κ3) is 4.20.